The molecule has 0 unspecified atom stereocenters. The van der Waals surface area contributed by atoms with E-state index >= 15 is 0 Å². The molecule has 0 aliphatic carbocycles. The van der Waals surface area contributed by atoms with Crippen LogP contribution in [0.2, 0.25) is 0 Å². The van der Waals surface area contributed by atoms with Crippen molar-refractivity contribution in [3.8, 4) is 17.6 Å². The van der Waals surface area contributed by atoms with E-state index in [0.29, 0.717) is 11.4 Å². The lowest BCUT2D eigenvalue weighted by molar-refractivity contribution is 0.442. The Kier molecular flexibility index (Phi) is 3.49. The molecule has 0 spiro atoms. The quantitative estimate of drug-likeness (QED) is 0.858. The van der Waals surface area contributed by atoms with E-state index in [9.17, 15) is 4.39 Å². The maximum absolute atomic E-state index is 13.6. The van der Waals surface area contributed by atoms with Crippen LogP contribution in [0.1, 0.15) is 5.56 Å². The van der Waals surface area contributed by atoms with Crippen molar-refractivity contribution >= 4 is 21.6 Å². The SMILES string of the molecule is N#Cc1ccc(Oc2cc(N)cc(Br)c2)c(F)c1. The lowest BCUT2D eigenvalue weighted by atomic mass is 10.2. The zero-order chi connectivity index (χ0) is 13.1. The van der Waals surface area contributed by atoms with E-state index in [1.165, 1.54) is 12.1 Å². The van der Waals surface area contributed by atoms with Gasteiger partial charge in [0.2, 0.25) is 0 Å². The van der Waals surface area contributed by atoms with Crippen molar-refractivity contribution in [2.24, 2.45) is 0 Å². The van der Waals surface area contributed by atoms with E-state index in [-0.39, 0.29) is 11.3 Å². The Morgan fingerprint density at radius 3 is 2.61 bits per heavy atom. The average molecular weight is 307 g/mol. The topological polar surface area (TPSA) is 59.0 Å². The summed E-state index contributed by atoms with van der Waals surface area (Å²) in [5.41, 5.74) is 6.40. The van der Waals surface area contributed by atoms with E-state index < -0.39 is 5.82 Å². The van der Waals surface area contributed by atoms with Crippen LogP contribution in [0.25, 0.3) is 0 Å². The second-order valence-electron chi connectivity index (χ2n) is 3.58. The van der Waals surface area contributed by atoms with E-state index in [2.05, 4.69) is 15.9 Å². The molecule has 0 heterocycles. The molecule has 90 valence electrons. The van der Waals surface area contributed by atoms with E-state index in [4.69, 9.17) is 15.7 Å². The molecule has 2 aromatic rings. The van der Waals surface area contributed by atoms with Crippen molar-refractivity contribution < 1.29 is 9.13 Å². The molecular weight excluding hydrogens is 299 g/mol. The van der Waals surface area contributed by atoms with Gasteiger partial charge in [0.25, 0.3) is 0 Å². The van der Waals surface area contributed by atoms with Gasteiger partial charge in [-0.15, -0.1) is 0 Å². The van der Waals surface area contributed by atoms with Crippen LogP contribution in [-0.2, 0) is 0 Å². The molecule has 2 rings (SSSR count). The lowest BCUT2D eigenvalue weighted by Crippen LogP contribution is -1.91. The highest BCUT2D eigenvalue weighted by Crippen LogP contribution is 2.29. The number of nitrogens with zero attached hydrogens (tertiary/aromatic N) is 1. The Bertz CT molecular complexity index is 617. The van der Waals surface area contributed by atoms with Gasteiger partial charge in [0, 0.05) is 16.2 Å². The number of benzene rings is 2. The predicted molar refractivity (Wildman–Crippen MR) is 69.7 cm³/mol. The van der Waals surface area contributed by atoms with Crippen LogP contribution in [0.5, 0.6) is 11.5 Å². The number of nitrogen functional groups attached to an aromatic ring is 1. The number of hydrogen-bond acceptors (Lipinski definition) is 3. The summed E-state index contributed by atoms with van der Waals surface area (Å²) in [4.78, 5) is 0. The van der Waals surface area contributed by atoms with Crippen molar-refractivity contribution in [2.45, 2.75) is 0 Å². The minimum Gasteiger partial charge on any atom is -0.454 e. The fourth-order valence-electron chi connectivity index (χ4n) is 1.42. The Balaban J connectivity index is 2.31. The molecule has 2 aromatic carbocycles. The predicted octanol–water partition coefficient (Wildman–Crippen LogP) is 3.83. The van der Waals surface area contributed by atoms with Gasteiger partial charge in [-0.25, -0.2) is 4.39 Å². The van der Waals surface area contributed by atoms with Crippen molar-refractivity contribution in [3.05, 3.63) is 52.3 Å². The van der Waals surface area contributed by atoms with Gasteiger partial charge in [0.15, 0.2) is 11.6 Å². The molecule has 0 fully saturated rings. The summed E-state index contributed by atoms with van der Waals surface area (Å²) >= 11 is 3.27. The average Bonchev–Trinajstić information content (AvgIpc) is 2.30. The fraction of sp³-hybridized carbons (Fsp3) is 0. The summed E-state index contributed by atoms with van der Waals surface area (Å²) in [7, 11) is 0. The molecule has 18 heavy (non-hydrogen) atoms. The van der Waals surface area contributed by atoms with Crippen LogP contribution in [0.4, 0.5) is 10.1 Å². The van der Waals surface area contributed by atoms with Gasteiger partial charge < -0.3 is 10.5 Å². The second-order valence-corrected chi connectivity index (χ2v) is 4.50. The first-order valence-electron chi connectivity index (χ1n) is 5.02. The third-order valence-corrected chi connectivity index (χ3v) is 2.64. The summed E-state index contributed by atoms with van der Waals surface area (Å²) in [5, 5.41) is 8.64. The molecule has 0 amide bonds. The summed E-state index contributed by atoms with van der Waals surface area (Å²) in [6.45, 7) is 0. The van der Waals surface area contributed by atoms with Crippen LogP contribution in [0.3, 0.4) is 0 Å². The standard InChI is InChI=1S/C13H8BrFN2O/c14-9-4-10(17)6-11(5-9)18-13-2-1-8(7-16)3-12(13)15/h1-6H,17H2. The molecule has 0 saturated carbocycles. The van der Waals surface area contributed by atoms with Crippen molar-refractivity contribution in [3.63, 3.8) is 0 Å². The van der Waals surface area contributed by atoms with Gasteiger partial charge in [-0.3, -0.25) is 0 Å². The smallest absolute Gasteiger partial charge is 0.167 e. The number of ether oxygens (including phenoxy) is 1. The lowest BCUT2D eigenvalue weighted by Gasteiger charge is -2.08. The molecular formula is C13H8BrFN2O. The van der Waals surface area contributed by atoms with E-state index in [1.54, 1.807) is 18.2 Å². The van der Waals surface area contributed by atoms with Crippen LogP contribution >= 0.6 is 15.9 Å². The van der Waals surface area contributed by atoms with Crippen molar-refractivity contribution in [1.29, 1.82) is 5.26 Å². The minimum absolute atomic E-state index is 0.0477. The Morgan fingerprint density at radius 1 is 1.22 bits per heavy atom. The fourth-order valence-corrected chi connectivity index (χ4v) is 1.91. The number of nitriles is 1. The van der Waals surface area contributed by atoms with Crippen LogP contribution in [0, 0.1) is 17.1 Å². The van der Waals surface area contributed by atoms with Gasteiger partial charge in [0.05, 0.1) is 11.6 Å². The monoisotopic (exact) mass is 306 g/mol. The van der Waals surface area contributed by atoms with Crippen LogP contribution in [-0.4, -0.2) is 0 Å². The minimum atomic E-state index is -0.590. The second kappa shape index (κ2) is 5.07. The molecule has 2 N–H and O–H groups in total. The van der Waals surface area contributed by atoms with Crippen molar-refractivity contribution in [1.82, 2.24) is 0 Å². The first-order chi connectivity index (χ1) is 8.58. The largest absolute Gasteiger partial charge is 0.454 e. The van der Waals surface area contributed by atoms with Gasteiger partial charge in [0.1, 0.15) is 5.75 Å². The molecule has 0 aromatic heterocycles. The third-order valence-electron chi connectivity index (χ3n) is 2.18. The van der Waals surface area contributed by atoms with Gasteiger partial charge >= 0.3 is 0 Å². The summed E-state index contributed by atoms with van der Waals surface area (Å²) < 4.78 is 19.7. The summed E-state index contributed by atoms with van der Waals surface area (Å²) in [6, 6.07) is 10.8. The van der Waals surface area contributed by atoms with Gasteiger partial charge in [-0.2, -0.15) is 5.26 Å². The molecule has 0 aliphatic rings. The Hall–Kier alpha value is -2.06. The number of anilines is 1. The maximum Gasteiger partial charge on any atom is 0.167 e. The maximum atomic E-state index is 13.6. The van der Waals surface area contributed by atoms with Crippen LogP contribution in [0.15, 0.2) is 40.9 Å². The first kappa shape index (κ1) is 12.4. The zero-order valence-electron chi connectivity index (χ0n) is 9.15. The number of rotatable bonds is 2. The molecule has 0 radical (unpaired) electrons. The number of hydrogen-bond donors (Lipinski definition) is 1. The third kappa shape index (κ3) is 2.79. The van der Waals surface area contributed by atoms with E-state index in [0.717, 1.165) is 10.5 Å². The van der Waals surface area contributed by atoms with Crippen molar-refractivity contribution in [2.75, 3.05) is 5.73 Å². The molecule has 0 atom stereocenters. The molecule has 5 heteroatoms. The zero-order valence-corrected chi connectivity index (χ0v) is 10.7. The Morgan fingerprint density at radius 2 is 2.00 bits per heavy atom. The van der Waals surface area contributed by atoms with E-state index in [1.807, 2.05) is 6.07 Å². The highest BCUT2D eigenvalue weighted by atomic mass is 79.9. The highest BCUT2D eigenvalue weighted by Gasteiger charge is 2.07. The van der Waals surface area contributed by atoms with Crippen LogP contribution < -0.4 is 10.5 Å². The normalized spacial score (nSPS) is 9.83. The van der Waals surface area contributed by atoms with Gasteiger partial charge in [-0.1, -0.05) is 15.9 Å². The first-order valence-corrected chi connectivity index (χ1v) is 5.81. The molecule has 3 nitrogen and oxygen atoms in total. The Labute approximate surface area is 112 Å². The molecule has 0 saturated heterocycles. The summed E-state index contributed by atoms with van der Waals surface area (Å²) in [6.07, 6.45) is 0. The molecule has 0 aliphatic heterocycles. The number of nitrogens with two attached hydrogens (primary N) is 1. The highest BCUT2D eigenvalue weighted by molar-refractivity contribution is 9.10. The van der Waals surface area contributed by atoms with Gasteiger partial charge in [-0.05, 0) is 30.3 Å². The molecule has 0 bridgehead atoms. The number of halogens is 2. The summed E-state index contributed by atoms with van der Waals surface area (Å²) in [5.74, 6) is -0.121.